The first-order valence-corrected chi connectivity index (χ1v) is 6.92. The molecule has 1 amide bonds. The minimum atomic E-state index is -1.01. The van der Waals surface area contributed by atoms with Gasteiger partial charge >= 0.3 is 5.97 Å². The third-order valence-corrected chi connectivity index (χ3v) is 3.71. The van der Waals surface area contributed by atoms with Gasteiger partial charge in [0.25, 0.3) is 5.91 Å². The first-order valence-electron chi connectivity index (χ1n) is 6.92. The molecule has 1 atom stereocenters. The highest BCUT2D eigenvalue weighted by Crippen LogP contribution is 2.20. The largest absolute Gasteiger partial charge is 0.480 e. The van der Waals surface area contributed by atoms with E-state index in [9.17, 15) is 14.0 Å². The molecule has 114 valence electrons. The van der Waals surface area contributed by atoms with Crippen molar-refractivity contribution in [1.29, 1.82) is 0 Å². The van der Waals surface area contributed by atoms with E-state index in [0.717, 1.165) is 0 Å². The second kappa shape index (κ2) is 5.59. The lowest BCUT2D eigenvalue weighted by Gasteiger charge is -2.20. The second-order valence-corrected chi connectivity index (χ2v) is 5.09. The molecule has 1 aromatic carbocycles. The van der Waals surface area contributed by atoms with E-state index in [2.05, 4.69) is 5.10 Å². The molecule has 1 aliphatic heterocycles. The van der Waals surface area contributed by atoms with Crippen LogP contribution in [0.1, 0.15) is 23.3 Å². The molecule has 0 unspecified atom stereocenters. The van der Waals surface area contributed by atoms with Crippen LogP contribution in [0, 0.1) is 5.82 Å². The lowest BCUT2D eigenvalue weighted by atomic mass is 10.2. The maximum absolute atomic E-state index is 13.7. The monoisotopic (exact) mass is 303 g/mol. The van der Waals surface area contributed by atoms with Crippen LogP contribution in [0.4, 0.5) is 4.39 Å². The minimum absolute atomic E-state index is 0.108. The van der Waals surface area contributed by atoms with Crippen molar-refractivity contribution in [2.45, 2.75) is 18.9 Å². The van der Waals surface area contributed by atoms with E-state index in [1.165, 1.54) is 27.9 Å². The van der Waals surface area contributed by atoms with Gasteiger partial charge in [0, 0.05) is 12.7 Å². The Morgan fingerprint density at radius 2 is 2.05 bits per heavy atom. The number of aromatic nitrogens is 2. The molecule has 1 saturated heterocycles. The Labute approximate surface area is 125 Å². The molecule has 0 bridgehead atoms. The third kappa shape index (κ3) is 2.45. The van der Waals surface area contributed by atoms with Crippen molar-refractivity contribution in [3.8, 4) is 5.69 Å². The van der Waals surface area contributed by atoms with Gasteiger partial charge in [-0.1, -0.05) is 12.1 Å². The summed E-state index contributed by atoms with van der Waals surface area (Å²) in [6.45, 7) is 0.391. The minimum Gasteiger partial charge on any atom is -0.480 e. The van der Waals surface area contributed by atoms with Crippen LogP contribution in [0.3, 0.4) is 0 Å². The van der Waals surface area contributed by atoms with Crippen LogP contribution >= 0.6 is 0 Å². The molecule has 2 heterocycles. The highest BCUT2D eigenvalue weighted by atomic mass is 19.1. The molecule has 1 N–H and O–H groups in total. The van der Waals surface area contributed by atoms with Gasteiger partial charge in [0.05, 0.1) is 0 Å². The molecule has 22 heavy (non-hydrogen) atoms. The zero-order chi connectivity index (χ0) is 15.7. The number of para-hydroxylation sites is 1. The Kier molecular flexibility index (Phi) is 3.62. The number of carbonyl (C=O) groups excluding carboxylic acids is 1. The quantitative estimate of drug-likeness (QED) is 0.936. The Morgan fingerprint density at radius 3 is 2.77 bits per heavy atom. The summed E-state index contributed by atoms with van der Waals surface area (Å²) in [6, 6.07) is 6.74. The molecule has 0 spiro atoms. The predicted molar refractivity (Wildman–Crippen MR) is 75.2 cm³/mol. The van der Waals surface area contributed by atoms with Crippen LogP contribution in [0.5, 0.6) is 0 Å². The summed E-state index contributed by atoms with van der Waals surface area (Å²) < 4.78 is 15.0. The molecule has 3 rings (SSSR count). The van der Waals surface area contributed by atoms with E-state index >= 15 is 0 Å². The van der Waals surface area contributed by atoms with Crippen LogP contribution in [0.15, 0.2) is 36.5 Å². The first-order chi connectivity index (χ1) is 10.6. The second-order valence-electron chi connectivity index (χ2n) is 5.09. The van der Waals surface area contributed by atoms with E-state index in [-0.39, 0.29) is 11.4 Å². The van der Waals surface area contributed by atoms with Crippen LogP contribution in [0.2, 0.25) is 0 Å². The molecular weight excluding hydrogens is 289 g/mol. The number of carboxylic acids is 1. The molecule has 7 heteroatoms. The fourth-order valence-electron chi connectivity index (χ4n) is 2.62. The Bertz CT molecular complexity index is 728. The summed E-state index contributed by atoms with van der Waals surface area (Å²) >= 11 is 0. The number of hydrogen-bond acceptors (Lipinski definition) is 3. The van der Waals surface area contributed by atoms with Crippen molar-refractivity contribution in [3.05, 3.63) is 48.0 Å². The Morgan fingerprint density at radius 1 is 1.27 bits per heavy atom. The number of halogens is 1. The lowest BCUT2D eigenvalue weighted by Crippen LogP contribution is -2.40. The standard InChI is InChI=1S/C15H14FN3O3/c16-10-4-1-2-5-12(10)19-9-7-11(17-19)14(20)18-8-3-6-13(18)15(21)22/h1-2,4-5,7,9,13H,3,6,8H2,(H,21,22)/t13-/m1/s1. The Balaban J connectivity index is 1.86. The zero-order valence-electron chi connectivity index (χ0n) is 11.6. The van der Waals surface area contributed by atoms with Gasteiger partial charge in [0.15, 0.2) is 5.69 Å². The molecule has 0 aliphatic carbocycles. The molecule has 0 radical (unpaired) electrons. The van der Waals surface area contributed by atoms with Gasteiger partial charge in [0.1, 0.15) is 17.5 Å². The normalized spacial score (nSPS) is 17.7. The zero-order valence-corrected chi connectivity index (χ0v) is 11.6. The van der Waals surface area contributed by atoms with E-state index in [0.29, 0.717) is 19.4 Å². The van der Waals surface area contributed by atoms with E-state index in [1.807, 2.05) is 0 Å². The topological polar surface area (TPSA) is 75.4 Å². The van der Waals surface area contributed by atoms with Crippen LogP contribution in [0.25, 0.3) is 5.69 Å². The first kappa shape index (κ1) is 14.2. The summed E-state index contributed by atoms with van der Waals surface area (Å²) in [4.78, 5) is 24.8. The number of likely N-dealkylation sites (tertiary alicyclic amines) is 1. The van der Waals surface area contributed by atoms with Crippen LogP contribution in [-0.4, -0.2) is 44.3 Å². The van der Waals surface area contributed by atoms with Gasteiger partial charge in [-0.2, -0.15) is 5.10 Å². The number of nitrogens with zero attached hydrogens (tertiary/aromatic N) is 3. The number of carbonyl (C=O) groups is 2. The number of hydrogen-bond donors (Lipinski definition) is 1. The third-order valence-electron chi connectivity index (χ3n) is 3.71. The SMILES string of the molecule is O=C(O)[C@H]1CCCN1C(=O)c1ccn(-c2ccccc2F)n1. The van der Waals surface area contributed by atoms with Gasteiger partial charge in [0.2, 0.25) is 0 Å². The average molecular weight is 303 g/mol. The van der Waals surface area contributed by atoms with Crippen molar-refractivity contribution in [2.24, 2.45) is 0 Å². The van der Waals surface area contributed by atoms with Crippen molar-refractivity contribution in [3.63, 3.8) is 0 Å². The fraction of sp³-hybridized carbons (Fsp3) is 0.267. The maximum atomic E-state index is 13.7. The molecule has 0 saturated carbocycles. The molecule has 1 aliphatic rings. The fourth-order valence-corrected chi connectivity index (χ4v) is 2.62. The average Bonchev–Trinajstić information content (AvgIpc) is 3.16. The summed E-state index contributed by atoms with van der Waals surface area (Å²) in [5.41, 5.74) is 0.342. The number of carboxylic acid groups (broad SMARTS) is 1. The van der Waals surface area contributed by atoms with E-state index in [1.54, 1.807) is 18.2 Å². The molecule has 1 aromatic heterocycles. The van der Waals surface area contributed by atoms with Crippen LogP contribution < -0.4 is 0 Å². The smallest absolute Gasteiger partial charge is 0.326 e. The summed E-state index contributed by atoms with van der Waals surface area (Å²) in [7, 11) is 0. The summed E-state index contributed by atoms with van der Waals surface area (Å²) in [6.07, 6.45) is 2.57. The van der Waals surface area contributed by atoms with Gasteiger partial charge in [-0.15, -0.1) is 0 Å². The molecule has 2 aromatic rings. The van der Waals surface area contributed by atoms with Crippen molar-refractivity contribution < 1.29 is 19.1 Å². The van der Waals surface area contributed by atoms with Crippen LogP contribution in [-0.2, 0) is 4.79 Å². The highest BCUT2D eigenvalue weighted by molar-refractivity contribution is 5.95. The number of aliphatic carboxylic acids is 1. The van der Waals surface area contributed by atoms with Gasteiger partial charge in [-0.25, -0.2) is 13.9 Å². The number of rotatable bonds is 3. The molecule has 1 fully saturated rings. The van der Waals surface area contributed by atoms with E-state index in [4.69, 9.17) is 5.11 Å². The number of benzene rings is 1. The predicted octanol–water partition coefficient (Wildman–Crippen LogP) is 1.70. The van der Waals surface area contributed by atoms with E-state index < -0.39 is 23.7 Å². The molecular formula is C15H14FN3O3. The van der Waals surface area contributed by atoms with Gasteiger partial charge in [-0.3, -0.25) is 4.79 Å². The maximum Gasteiger partial charge on any atom is 0.326 e. The van der Waals surface area contributed by atoms with Crippen molar-refractivity contribution in [2.75, 3.05) is 6.54 Å². The van der Waals surface area contributed by atoms with Gasteiger partial charge < -0.3 is 10.0 Å². The lowest BCUT2D eigenvalue weighted by molar-refractivity contribution is -0.141. The van der Waals surface area contributed by atoms with Gasteiger partial charge in [-0.05, 0) is 31.0 Å². The van der Waals surface area contributed by atoms with Crippen molar-refractivity contribution >= 4 is 11.9 Å². The Hall–Kier alpha value is -2.70. The number of amides is 1. The summed E-state index contributed by atoms with van der Waals surface area (Å²) in [5.74, 6) is -1.91. The van der Waals surface area contributed by atoms with Crippen molar-refractivity contribution in [1.82, 2.24) is 14.7 Å². The highest BCUT2D eigenvalue weighted by Gasteiger charge is 2.35. The molecule has 6 nitrogen and oxygen atoms in total. The summed E-state index contributed by atoms with van der Waals surface area (Å²) in [5, 5.41) is 13.2.